The van der Waals surface area contributed by atoms with Crippen molar-refractivity contribution in [3.8, 4) is 0 Å². The van der Waals surface area contributed by atoms with Gasteiger partial charge in [0.05, 0.1) is 0 Å². The Morgan fingerprint density at radius 3 is 2.55 bits per heavy atom. The molecule has 0 saturated carbocycles. The summed E-state index contributed by atoms with van der Waals surface area (Å²) >= 11 is 0. The molecule has 1 atom stereocenters. The van der Waals surface area contributed by atoms with Crippen LogP contribution in [0.25, 0.3) is 5.57 Å². The zero-order chi connectivity index (χ0) is 13.9. The molecular formula is C17H22N2O. The van der Waals surface area contributed by atoms with Crippen LogP contribution < -0.4 is 5.32 Å². The van der Waals surface area contributed by atoms with Gasteiger partial charge in [-0.2, -0.15) is 0 Å². The first kappa shape index (κ1) is 13.4. The molecular weight excluding hydrogens is 248 g/mol. The maximum atomic E-state index is 12.2. The highest BCUT2D eigenvalue weighted by Crippen LogP contribution is 2.27. The maximum Gasteiger partial charge on any atom is 0.244 e. The largest absolute Gasteiger partial charge is 0.348 e. The van der Waals surface area contributed by atoms with Gasteiger partial charge in [0.1, 0.15) is 0 Å². The van der Waals surface area contributed by atoms with E-state index in [-0.39, 0.29) is 5.91 Å². The van der Waals surface area contributed by atoms with Crippen LogP contribution >= 0.6 is 0 Å². The van der Waals surface area contributed by atoms with Gasteiger partial charge in [0, 0.05) is 18.7 Å². The van der Waals surface area contributed by atoms with E-state index in [2.05, 4.69) is 10.2 Å². The average Bonchev–Trinajstić information content (AvgIpc) is 2.49. The molecule has 20 heavy (non-hydrogen) atoms. The molecule has 3 heteroatoms. The van der Waals surface area contributed by atoms with Crippen molar-refractivity contribution in [2.24, 2.45) is 5.92 Å². The number of fused-ring (bicyclic) bond motifs is 3. The van der Waals surface area contributed by atoms with Crippen molar-refractivity contribution in [2.45, 2.75) is 25.8 Å². The molecule has 3 heterocycles. The van der Waals surface area contributed by atoms with E-state index in [0.29, 0.717) is 12.0 Å². The van der Waals surface area contributed by atoms with Crippen molar-refractivity contribution in [3.63, 3.8) is 0 Å². The fourth-order valence-corrected chi connectivity index (χ4v) is 3.33. The first-order chi connectivity index (χ1) is 9.72. The molecule has 3 aliphatic heterocycles. The summed E-state index contributed by atoms with van der Waals surface area (Å²) in [5, 5.41) is 3.19. The molecule has 1 unspecified atom stereocenters. The van der Waals surface area contributed by atoms with Gasteiger partial charge in [-0.1, -0.05) is 30.3 Å². The molecule has 0 spiro atoms. The van der Waals surface area contributed by atoms with Crippen LogP contribution in [0.4, 0.5) is 0 Å². The van der Waals surface area contributed by atoms with Crippen LogP contribution in [0.2, 0.25) is 0 Å². The van der Waals surface area contributed by atoms with Crippen molar-refractivity contribution in [2.75, 3.05) is 19.6 Å². The van der Waals surface area contributed by atoms with E-state index < -0.39 is 0 Å². The van der Waals surface area contributed by atoms with Crippen LogP contribution in [0.15, 0.2) is 36.4 Å². The Labute approximate surface area is 120 Å². The highest BCUT2D eigenvalue weighted by molar-refractivity contribution is 5.95. The fourth-order valence-electron chi connectivity index (χ4n) is 3.33. The van der Waals surface area contributed by atoms with Crippen molar-refractivity contribution < 1.29 is 4.79 Å². The zero-order valence-corrected chi connectivity index (χ0v) is 12.0. The molecule has 4 rings (SSSR count). The van der Waals surface area contributed by atoms with Gasteiger partial charge in [-0.15, -0.1) is 0 Å². The predicted molar refractivity (Wildman–Crippen MR) is 81.2 cm³/mol. The van der Waals surface area contributed by atoms with Crippen molar-refractivity contribution in [3.05, 3.63) is 42.0 Å². The quantitative estimate of drug-likeness (QED) is 0.855. The Balaban J connectivity index is 1.62. The number of nitrogens with one attached hydrogen (secondary N) is 1. The molecule has 3 nitrogen and oxygen atoms in total. The van der Waals surface area contributed by atoms with Gasteiger partial charge in [0.2, 0.25) is 5.91 Å². The summed E-state index contributed by atoms with van der Waals surface area (Å²) in [6.45, 7) is 5.42. The van der Waals surface area contributed by atoms with Crippen molar-refractivity contribution >= 4 is 11.5 Å². The molecule has 106 valence electrons. The second kappa shape index (κ2) is 5.80. The highest BCUT2D eigenvalue weighted by Gasteiger charge is 2.34. The Bertz CT molecular complexity index is 501. The molecule has 3 fully saturated rings. The number of allylic oxidation sites excluding steroid dienone is 1. The number of benzene rings is 1. The van der Waals surface area contributed by atoms with Crippen molar-refractivity contribution in [1.29, 1.82) is 0 Å². The molecule has 0 radical (unpaired) electrons. The van der Waals surface area contributed by atoms with Gasteiger partial charge in [-0.05, 0) is 49.9 Å². The van der Waals surface area contributed by atoms with Gasteiger partial charge in [-0.3, -0.25) is 4.79 Å². The number of hydrogen-bond acceptors (Lipinski definition) is 2. The number of piperidine rings is 3. The lowest BCUT2D eigenvalue weighted by Gasteiger charge is -2.44. The molecule has 1 N–H and O–H groups in total. The van der Waals surface area contributed by atoms with Crippen LogP contribution in [0.3, 0.4) is 0 Å². The third-order valence-electron chi connectivity index (χ3n) is 4.56. The monoisotopic (exact) mass is 270 g/mol. The van der Waals surface area contributed by atoms with Crippen LogP contribution in [0, 0.1) is 5.92 Å². The Kier molecular flexibility index (Phi) is 3.88. The number of carbonyl (C=O) groups is 1. The van der Waals surface area contributed by atoms with Gasteiger partial charge in [0.25, 0.3) is 0 Å². The van der Waals surface area contributed by atoms with E-state index >= 15 is 0 Å². The van der Waals surface area contributed by atoms with Crippen LogP contribution in [-0.2, 0) is 4.79 Å². The minimum absolute atomic E-state index is 0.0464. The van der Waals surface area contributed by atoms with Crippen LogP contribution in [0.1, 0.15) is 25.3 Å². The number of carbonyl (C=O) groups excluding carboxylic acids is 1. The fraction of sp³-hybridized carbons (Fsp3) is 0.471. The third kappa shape index (κ3) is 2.93. The van der Waals surface area contributed by atoms with Gasteiger partial charge >= 0.3 is 0 Å². The summed E-state index contributed by atoms with van der Waals surface area (Å²) in [6.07, 6.45) is 4.19. The van der Waals surface area contributed by atoms with E-state index in [9.17, 15) is 4.79 Å². The molecule has 1 aromatic rings. The van der Waals surface area contributed by atoms with Crippen LogP contribution in [0.5, 0.6) is 0 Å². The molecule has 1 aromatic carbocycles. The number of hydrogen-bond donors (Lipinski definition) is 1. The minimum Gasteiger partial charge on any atom is -0.348 e. The number of amides is 1. The van der Waals surface area contributed by atoms with Crippen LogP contribution in [-0.4, -0.2) is 36.5 Å². The lowest BCUT2D eigenvalue weighted by molar-refractivity contribution is -0.118. The molecule has 2 bridgehead atoms. The Morgan fingerprint density at radius 1 is 1.25 bits per heavy atom. The van der Waals surface area contributed by atoms with E-state index in [0.717, 1.165) is 17.7 Å². The maximum absolute atomic E-state index is 12.2. The average molecular weight is 270 g/mol. The number of rotatable bonds is 3. The lowest BCUT2D eigenvalue weighted by atomic mass is 9.84. The summed E-state index contributed by atoms with van der Waals surface area (Å²) in [7, 11) is 0. The summed E-state index contributed by atoms with van der Waals surface area (Å²) < 4.78 is 0. The summed E-state index contributed by atoms with van der Waals surface area (Å²) in [5.41, 5.74) is 2.13. The Morgan fingerprint density at radius 2 is 1.95 bits per heavy atom. The second-order valence-corrected chi connectivity index (χ2v) is 5.95. The molecule has 1 amide bonds. The van der Waals surface area contributed by atoms with E-state index in [4.69, 9.17) is 0 Å². The van der Waals surface area contributed by atoms with Gasteiger partial charge in [-0.25, -0.2) is 0 Å². The van der Waals surface area contributed by atoms with E-state index in [1.165, 1.54) is 25.9 Å². The highest BCUT2D eigenvalue weighted by atomic mass is 16.1. The third-order valence-corrected chi connectivity index (χ3v) is 4.56. The molecule has 0 aliphatic carbocycles. The Hall–Kier alpha value is -1.61. The smallest absolute Gasteiger partial charge is 0.244 e. The topological polar surface area (TPSA) is 32.3 Å². The van der Waals surface area contributed by atoms with E-state index in [1.54, 1.807) is 6.08 Å². The molecule has 3 aliphatic rings. The first-order valence-corrected chi connectivity index (χ1v) is 7.49. The standard InChI is InChI=1S/C17H22N2O/c1-13(14-5-3-2-4-6-14)11-17(20)18-16-12-19-9-7-15(16)8-10-19/h2-6,11,15-16H,7-10,12H2,1H3,(H,18,20)/b13-11+. The summed E-state index contributed by atoms with van der Waals surface area (Å²) in [6, 6.07) is 10.4. The van der Waals surface area contributed by atoms with Crippen molar-refractivity contribution in [1.82, 2.24) is 10.2 Å². The molecule has 3 saturated heterocycles. The zero-order valence-electron chi connectivity index (χ0n) is 12.0. The normalized spacial score (nSPS) is 29.2. The lowest BCUT2D eigenvalue weighted by Crippen LogP contribution is -2.57. The summed E-state index contributed by atoms with van der Waals surface area (Å²) in [5.74, 6) is 0.722. The first-order valence-electron chi connectivity index (χ1n) is 7.49. The number of nitrogens with zero attached hydrogens (tertiary/aromatic N) is 1. The minimum atomic E-state index is 0.0464. The molecule has 0 aromatic heterocycles. The SMILES string of the molecule is C/C(=C\C(=O)NC1CN2CCC1CC2)c1ccccc1. The van der Waals surface area contributed by atoms with E-state index in [1.807, 2.05) is 37.3 Å². The summed E-state index contributed by atoms with van der Waals surface area (Å²) in [4.78, 5) is 14.6. The van der Waals surface area contributed by atoms with Gasteiger partial charge in [0.15, 0.2) is 0 Å². The second-order valence-electron chi connectivity index (χ2n) is 5.95. The predicted octanol–water partition coefficient (Wildman–Crippen LogP) is 2.30. The van der Waals surface area contributed by atoms with Gasteiger partial charge < -0.3 is 10.2 Å².